The molecule has 0 bridgehead atoms. The van der Waals surface area contributed by atoms with Crippen LogP contribution in [0.1, 0.15) is 12.5 Å². The number of carbonyl (C=O) groups excluding carboxylic acids is 2. The molecule has 1 N–H and O–H groups in total. The van der Waals surface area contributed by atoms with E-state index in [0.717, 1.165) is 5.56 Å². The van der Waals surface area contributed by atoms with E-state index in [0.29, 0.717) is 18.0 Å². The molecule has 2 amide bonds. The van der Waals surface area contributed by atoms with Crippen molar-refractivity contribution >= 4 is 23.6 Å². The normalized spacial score (nSPS) is 18.7. The highest BCUT2D eigenvalue weighted by Crippen LogP contribution is 2.38. The number of hydrogen-bond donors (Lipinski definition) is 1. The van der Waals surface area contributed by atoms with Crippen molar-refractivity contribution in [3.8, 4) is 18.4 Å². The summed E-state index contributed by atoms with van der Waals surface area (Å²) >= 11 is 1.23. The molecule has 6 nitrogen and oxygen atoms in total. The Morgan fingerprint density at radius 2 is 2.38 bits per heavy atom. The average Bonchev–Trinajstić information content (AvgIpc) is 2.90. The van der Waals surface area contributed by atoms with Gasteiger partial charge in [0.05, 0.1) is 11.8 Å². The van der Waals surface area contributed by atoms with E-state index < -0.39 is 5.91 Å². The highest BCUT2D eigenvalue weighted by Gasteiger charge is 2.38. The Hall–Kier alpha value is -2.77. The second kappa shape index (κ2) is 8.19. The second-order valence-corrected chi connectivity index (χ2v) is 6.12. The first-order valence-corrected chi connectivity index (χ1v) is 8.23. The molecule has 7 heteroatoms. The summed E-state index contributed by atoms with van der Waals surface area (Å²) in [5, 5.41) is 11.8. The van der Waals surface area contributed by atoms with E-state index in [2.05, 4.69) is 16.2 Å². The molecule has 122 valence electrons. The number of nitrogens with zero attached hydrogens (tertiary/aromatic N) is 3. The Balaban J connectivity index is 2.28. The molecular formula is C17H16N4O2S. The minimum Gasteiger partial charge on any atom is -0.340 e. The van der Waals surface area contributed by atoms with Crippen LogP contribution in [0, 0.1) is 23.7 Å². The molecule has 1 atom stereocenters. The summed E-state index contributed by atoms with van der Waals surface area (Å²) in [6, 6.07) is 5.59. The van der Waals surface area contributed by atoms with Crippen LogP contribution < -0.4 is 5.32 Å². The smallest absolute Gasteiger partial charge is 0.265 e. The molecule has 1 aromatic rings. The van der Waals surface area contributed by atoms with Crippen molar-refractivity contribution in [2.75, 3.05) is 13.1 Å². The number of carbonyl (C=O) groups is 2. The third-order valence-electron chi connectivity index (χ3n) is 3.40. The van der Waals surface area contributed by atoms with Crippen LogP contribution in [-0.2, 0) is 16.0 Å². The molecule has 1 saturated heterocycles. The van der Waals surface area contributed by atoms with Crippen LogP contribution in [0.4, 0.5) is 0 Å². The summed E-state index contributed by atoms with van der Waals surface area (Å²) in [5.74, 6) is 1.61. The Kier molecular flexibility index (Phi) is 6.00. The van der Waals surface area contributed by atoms with Gasteiger partial charge in [0.1, 0.15) is 16.7 Å². The Bertz CT molecular complexity index is 746. The molecule has 1 fully saturated rings. The van der Waals surface area contributed by atoms with E-state index in [1.165, 1.54) is 16.7 Å². The van der Waals surface area contributed by atoms with Gasteiger partial charge >= 0.3 is 0 Å². The number of amides is 2. The van der Waals surface area contributed by atoms with E-state index in [4.69, 9.17) is 6.42 Å². The number of rotatable bonds is 5. The molecule has 0 spiro atoms. The molecule has 0 aliphatic carbocycles. The van der Waals surface area contributed by atoms with Gasteiger partial charge in [-0.25, -0.2) is 0 Å². The number of pyridine rings is 1. The first kappa shape index (κ1) is 17.6. The quantitative estimate of drug-likeness (QED) is 0.492. The van der Waals surface area contributed by atoms with Gasteiger partial charge in [-0.1, -0.05) is 23.7 Å². The highest BCUT2D eigenvalue weighted by atomic mass is 32.2. The van der Waals surface area contributed by atoms with Crippen molar-refractivity contribution in [1.29, 1.82) is 5.26 Å². The third-order valence-corrected chi connectivity index (χ3v) is 4.70. The minimum atomic E-state index is -0.564. The van der Waals surface area contributed by atoms with Crippen LogP contribution in [0.2, 0.25) is 0 Å². The number of aromatic nitrogens is 1. The summed E-state index contributed by atoms with van der Waals surface area (Å²) in [5.41, 5.74) is 0.843. The monoisotopic (exact) mass is 340 g/mol. The number of terminal acetylenes is 1. The number of nitrogens with one attached hydrogen (secondary N) is 1. The molecule has 1 aliphatic rings. The Labute approximate surface area is 144 Å². The van der Waals surface area contributed by atoms with Crippen LogP contribution >= 0.6 is 11.8 Å². The maximum Gasteiger partial charge on any atom is 0.265 e. The van der Waals surface area contributed by atoms with Crippen molar-refractivity contribution in [3.63, 3.8) is 0 Å². The zero-order valence-corrected chi connectivity index (χ0v) is 14.0. The second-order valence-electron chi connectivity index (χ2n) is 4.93. The topological polar surface area (TPSA) is 86.1 Å². The van der Waals surface area contributed by atoms with Gasteiger partial charge in [-0.3, -0.25) is 14.6 Å². The molecule has 0 unspecified atom stereocenters. The van der Waals surface area contributed by atoms with E-state index in [-0.39, 0.29) is 23.3 Å². The van der Waals surface area contributed by atoms with Crippen molar-refractivity contribution in [1.82, 2.24) is 15.2 Å². The van der Waals surface area contributed by atoms with Crippen molar-refractivity contribution in [2.45, 2.75) is 18.6 Å². The van der Waals surface area contributed by atoms with Gasteiger partial charge in [0.2, 0.25) is 5.91 Å². The number of hydrogen-bond acceptors (Lipinski definition) is 5. The predicted molar refractivity (Wildman–Crippen MR) is 91.2 cm³/mol. The van der Waals surface area contributed by atoms with Crippen molar-refractivity contribution in [3.05, 3.63) is 40.7 Å². The fraction of sp³-hybridized carbons (Fsp3) is 0.294. The van der Waals surface area contributed by atoms with Gasteiger partial charge < -0.3 is 10.2 Å². The van der Waals surface area contributed by atoms with Crippen LogP contribution in [0.3, 0.4) is 0 Å². The van der Waals surface area contributed by atoms with Crippen LogP contribution in [0.5, 0.6) is 0 Å². The maximum absolute atomic E-state index is 12.6. The standard InChI is InChI=1S/C17H16N4O2S/c1-3-7-20-15(22)13(10-18)17-21(4-2)16(23)14(24-17)9-12-6-5-8-19-11-12/h1,5-6,8,11,14H,4,7,9H2,2H3,(H,20,22)/b17-13-/t14-/m1/s1. The van der Waals surface area contributed by atoms with Crippen LogP contribution in [0.15, 0.2) is 35.1 Å². The Morgan fingerprint density at radius 3 is 2.96 bits per heavy atom. The summed E-state index contributed by atoms with van der Waals surface area (Å²) in [4.78, 5) is 30.2. The highest BCUT2D eigenvalue weighted by molar-refractivity contribution is 8.04. The SMILES string of the molecule is C#CCNC(=O)/C(C#N)=C1\S[C@H](Cc2cccnc2)C(=O)N1CC. The summed E-state index contributed by atoms with van der Waals surface area (Å²) in [6.45, 7) is 2.22. The molecule has 0 aromatic carbocycles. The van der Waals surface area contributed by atoms with Crippen molar-refractivity contribution < 1.29 is 9.59 Å². The summed E-state index contributed by atoms with van der Waals surface area (Å²) in [7, 11) is 0. The molecule has 1 aromatic heterocycles. The van der Waals surface area contributed by atoms with Gasteiger partial charge in [0, 0.05) is 18.9 Å². The van der Waals surface area contributed by atoms with E-state index in [1.807, 2.05) is 18.2 Å². The largest absolute Gasteiger partial charge is 0.340 e. The molecule has 2 heterocycles. The predicted octanol–water partition coefficient (Wildman–Crippen LogP) is 1.07. The molecule has 0 saturated carbocycles. The molecule has 24 heavy (non-hydrogen) atoms. The lowest BCUT2D eigenvalue weighted by Crippen LogP contribution is -2.32. The van der Waals surface area contributed by atoms with Gasteiger partial charge in [-0.05, 0) is 25.0 Å². The lowest BCUT2D eigenvalue weighted by atomic mass is 10.1. The van der Waals surface area contributed by atoms with Crippen molar-refractivity contribution in [2.24, 2.45) is 0 Å². The third kappa shape index (κ3) is 3.76. The number of thioether (sulfide) groups is 1. The molecular weight excluding hydrogens is 324 g/mol. The first-order chi connectivity index (χ1) is 11.6. The first-order valence-electron chi connectivity index (χ1n) is 7.35. The molecule has 0 radical (unpaired) electrons. The lowest BCUT2D eigenvalue weighted by molar-refractivity contribution is -0.127. The average molecular weight is 340 g/mol. The van der Waals surface area contributed by atoms with Crippen LogP contribution in [0.25, 0.3) is 0 Å². The fourth-order valence-electron chi connectivity index (χ4n) is 2.29. The lowest BCUT2D eigenvalue weighted by Gasteiger charge is -2.15. The fourth-order valence-corrected chi connectivity index (χ4v) is 3.67. The van der Waals surface area contributed by atoms with Crippen LogP contribution in [-0.4, -0.2) is 40.0 Å². The molecule has 1 aliphatic heterocycles. The number of nitriles is 1. The van der Waals surface area contributed by atoms with Gasteiger partial charge in [0.25, 0.3) is 5.91 Å². The van der Waals surface area contributed by atoms with Gasteiger partial charge in [0.15, 0.2) is 0 Å². The zero-order chi connectivity index (χ0) is 17.5. The van der Waals surface area contributed by atoms with E-state index >= 15 is 0 Å². The Morgan fingerprint density at radius 1 is 1.58 bits per heavy atom. The summed E-state index contributed by atoms with van der Waals surface area (Å²) in [6.07, 6.45) is 8.98. The maximum atomic E-state index is 12.6. The van der Waals surface area contributed by atoms with E-state index in [1.54, 1.807) is 19.3 Å². The summed E-state index contributed by atoms with van der Waals surface area (Å²) < 4.78 is 0. The van der Waals surface area contributed by atoms with Gasteiger partial charge in [-0.2, -0.15) is 5.26 Å². The molecule has 2 rings (SSSR count). The van der Waals surface area contributed by atoms with E-state index in [9.17, 15) is 14.9 Å². The minimum absolute atomic E-state index is 0.0289. The zero-order valence-electron chi connectivity index (χ0n) is 13.2. The van der Waals surface area contributed by atoms with Gasteiger partial charge in [-0.15, -0.1) is 6.42 Å².